The number of oxazole rings is 1. The van der Waals surface area contributed by atoms with E-state index in [0.717, 1.165) is 12.1 Å². The summed E-state index contributed by atoms with van der Waals surface area (Å²) in [5.41, 5.74) is 3.79. The van der Waals surface area contributed by atoms with Crippen LogP contribution in [0.1, 0.15) is 18.5 Å². The summed E-state index contributed by atoms with van der Waals surface area (Å²) in [4.78, 5) is 17.3. The highest BCUT2D eigenvalue weighted by Crippen LogP contribution is 2.27. The van der Waals surface area contributed by atoms with Gasteiger partial charge in [-0.3, -0.25) is 9.69 Å². The van der Waals surface area contributed by atoms with E-state index in [0.29, 0.717) is 25.1 Å². The van der Waals surface area contributed by atoms with Gasteiger partial charge in [0.05, 0.1) is 5.69 Å². The molecule has 2 heterocycles. The van der Waals surface area contributed by atoms with E-state index in [2.05, 4.69) is 4.98 Å². The summed E-state index contributed by atoms with van der Waals surface area (Å²) in [6.07, 6.45) is 2.22. The van der Waals surface area contributed by atoms with Gasteiger partial charge < -0.3 is 15.3 Å². The average molecular weight is 337 g/mol. The molecule has 1 fully saturated rings. The minimum Gasteiger partial charge on any atom is -0.444 e. The molecule has 128 valence electrons. The maximum Gasteiger partial charge on any atom is 0.250 e. The Balaban J connectivity index is 1.76. The van der Waals surface area contributed by atoms with Crippen LogP contribution >= 0.6 is 0 Å². The van der Waals surface area contributed by atoms with Gasteiger partial charge in [0.15, 0.2) is 5.60 Å². The Morgan fingerprint density at radius 2 is 2.12 bits per heavy atom. The van der Waals surface area contributed by atoms with E-state index < -0.39 is 23.1 Å². The van der Waals surface area contributed by atoms with Crippen molar-refractivity contribution in [3.05, 3.63) is 41.8 Å². The summed E-state index contributed by atoms with van der Waals surface area (Å²) in [5.74, 6) is -2.43. The van der Waals surface area contributed by atoms with E-state index in [1.807, 2.05) is 0 Å². The van der Waals surface area contributed by atoms with Crippen molar-refractivity contribution in [2.24, 2.45) is 5.73 Å². The number of carbonyl (C=O) groups is 1. The van der Waals surface area contributed by atoms with Crippen LogP contribution in [0.25, 0.3) is 11.5 Å². The molecule has 1 saturated heterocycles. The molecule has 0 spiro atoms. The summed E-state index contributed by atoms with van der Waals surface area (Å²) in [6.45, 7) is 1.000. The first-order valence-corrected chi connectivity index (χ1v) is 7.52. The lowest BCUT2D eigenvalue weighted by Crippen LogP contribution is -2.55. The van der Waals surface area contributed by atoms with Gasteiger partial charge in [-0.1, -0.05) is 6.07 Å². The van der Waals surface area contributed by atoms with Gasteiger partial charge in [0, 0.05) is 13.1 Å². The molecule has 0 saturated carbocycles. The Kier molecular flexibility index (Phi) is 4.33. The van der Waals surface area contributed by atoms with Crippen molar-refractivity contribution in [1.82, 2.24) is 9.88 Å². The van der Waals surface area contributed by atoms with Crippen molar-refractivity contribution in [2.75, 3.05) is 13.1 Å². The van der Waals surface area contributed by atoms with Crippen LogP contribution < -0.4 is 5.73 Å². The molecule has 1 aliphatic heterocycles. The topological polar surface area (TPSA) is 92.6 Å². The van der Waals surface area contributed by atoms with Crippen molar-refractivity contribution in [2.45, 2.75) is 25.0 Å². The molecular formula is C16H17F2N3O3. The minimum atomic E-state index is -1.57. The third-order valence-electron chi connectivity index (χ3n) is 4.12. The van der Waals surface area contributed by atoms with E-state index >= 15 is 0 Å². The summed E-state index contributed by atoms with van der Waals surface area (Å²) < 4.78 is 32.7. The van der Waals surface area contributed by atoms with Crippen molar-refractivity contribution in [3.63, 3.8) is 0 Å². The average Bonchev–Trinajstić information content (AvgIpc) is 2.95. The Morgan fingerprint density at radius 1 is 1.42 bits per heavy atom. The molecule has 1 atom stereocenters. The van der Waals surface area contributed by atoms with Crippen LogP contribution in [0.4, 0.5) is 8.78 Å². The number of nitrogens with zero attached hydrogens (tertiary/aromatic N) is 2. The Morgan fingerprint density at radius 3 is 2.79 bits per heavy atom. The van der Waals surface area contributed by atoms with Crippen LogP contribution in [0.5, 0.6) is 0 Å². The molecule has 0 radical (unpaired) electrons. The molecule has 0 bridgehead atoms. The highest BCUT2D eigenvalue weighted by atomic mass is 19.1. The quantitative estimate of drug-likeness (QED) is 0.880. The molecule has 1 aliphatic rings. The van der Waals surface area contributed by atoms with Crippen molar-refractivity contribution >= 4 is 5.91 Å². The van der Waals surface area contributed by atoms with Crippen LogP contribution in [0.2, 0.25) is 0 Å². The second-order valence-electron chi connectivity index (χ2n) is 5.95. The number of primary amides is 1. The zero-order chi connectivity index (χ0) is 17.3. The molecule has 3 N–H and O–H groups in total. The normalized spacial score (nSPS) is 21.8. The first kappa shape index (κ1) is 16.5. The van der Waals surface area contributed by atoms with Gasteiger partial charge in [0.1, 0.15) is 23.5 Å². The highest BCUT2D eigenvalue weighted by molar-refractivity contribution is 5.83. The Hall–Kier alpha value is -2.32. The summed E-state index contributed by atoms with van der Waals surface area (Å²) in [5, 5.41) is 10.2. The number of aromatic nitrogens is 1. The third kappa shape index (κ3) is 3.15. The van der Waals surface area contributed by atoms with Crippen molar-refractivity contribution in [1.29, 1.82) is 0 Å². The molecule has 8 heteroatoms. The largest absolute Gasteiger partial charge is 0.444 e. The van der Waals surface area contributed by atoms with Crippen LogP contribution in [-0.4, -0.2) is 39.6 Å². The Labute approximate surface area is 136 Å². The lowest BCUT2D eigenvalue weighted by molar-refractivity contribution is -0.142. The summed E-state index contributed by atoms with van der Waals surface area (Å²) >= 11 is 0. The first-order chi connectivity index (χ1) is 11.4. The fraction of sp³-hybridized carbons (Fsp3) is 0.375. The van der Waals surface area contributed by atoms with E-state index in [1.54, 1.807) is 4.90 Å². The zero-order valence-corrected chi connectivity index (χ0v) is 12.8. The first-order valence-electron chi connectivity index (χ1n) is 7.52. The number of hydrogen-bond donors (Lipinski definition) is 2. The fourth-order valence-electron chi connectivity index (χ4n) is 2.88. The van der Waals surface area contributed by atoms with Gasteiger partial charge in [-0.15, -0.1) is 0 Å². The molecule has 1 aromatic heterocycles. The number of likely N-dealkylation sites (tertiary alicyclic amines) is 1. The number of hydrogen-bond acceptors (Lipinski definition) is 5. The molecular weight excluding hydrogens is 320 g/mol. The number of nitrogens with two attached hydrogens (primary N) is 1. The highest BCUT2D eigenvalue weighted by Gasteiger charge is 2.38. The standard InChI is InChI=1S/C16H17F2N3O3/c17-11-3-1-4-12(18)13(11)14-20-10(8-24-14)7-21-6-2-5-16(23,9-21)15(19)22/h1,3-4,8,23H,2,5-7,9H2,(H2,19,22)/t16-/m1/s1. The molecule has 3 rings (SSSR count). The molecule has 0 unspecified atom stereocenters. The summed E-state index contributed by atoms with van der Waals surface area (Å²) in [7, 11) is 0. The molecule has 6 nitrogen and oxygen atoms in total. The predicted octanol–water partition coefficient (Wildman–Crippen LogP) is 1.43. The number of β-amino-alcohol motifs (C(OH)–C–C–N with tert-alkyl or cyclic N) is 1. The van der Waals surface area contributed by atoms with Crippen LogP contribution in [0.3, 0.4) is 0 Å². The van der Waals surface area contributed by atoms with E-state index in [9.17, 15) is 18.7 Å². The minimum absolute atomic E-state index is 0.0819. The maximum atomic E-state index is 13.8. The smallest absolute Gasteiger partial charge is 0.250 e. The van der Waals surface area contributed by atoms with Gasteiger partial charge in [-0.2, -0.15) is 0 Å². The van der Waals surface area contributed by atoms with Gasteiger partial charge in [-0.25, -0.2) is 13.8 Å². The van der Waals surface area contributed by atoms with Gasteiger partial charge in [-0.05, 0) is 31.5 Å². The molecule has 0 aliphatic carbocycles. The third-order valence-corrected chi connectivity index (χ3v) is 4.12. The number of amides is 1. The number of piperidine rings is 1. The number of carbonyl (C=O) groups excluding carboxylic acids is 1. The van der Waals surface area contributed by atoms with Crippen LogP contribution in [-0.2, 0) is 11.3 Å². The SMILES string of the molecule is NC(=O)[C@@]1(O)CCCN(Cc2coc(-c3c(F)cccc3F)n2)C1. The lowest BCUT2D eigenvalue weighted by Gasteiger charge is -2.36. The van der Waals surface area contributed by atoms with E-state index in [1.165, 1.54) is 12.3 Å². The number of benzene rings is 1. The van der Waals surface area contributed by atoms with Crippen molar-refractivity contribution < 1.29 is 23.1 Å². The van der Waals surface area contributed by atoms with Crippen molar-refractivity contribution in [3.8, 4) is 11.5 Å². The van der Waals surface area contributed by atoms with E-state index in [-0.39, 0.29) is 24.5 Å². The molecule has 1 aromatic carbocycles. The summed E-state index contributed by atoms with van der Waals surface area (Å²) in [6, 6.07) is 3.51. The van der Waals surface area contributed by atoms with Crippen LogP contribution in [0, 0.1) is 11.6 Å². The fourth-order valence-corrected chi connectivity index (χ4v) is 2.88. The van der Waals surface area contributed by atoms with Gasteiger partial charge in [0.25, 0.3) is 5.91 Å². The predicted molar refractivity (Wildman–Crippen MR) is 80.5 cm³/mol. The van der Waals surface area contributed by atoms with E-state index in [4.69, 9.17) is 10.2 Å². The molecule has 1 amide bonds. The van der Waals surface area contributed by atoms with Gasteiger partial charge >= 0.3 is 0 Å². The zero-order valence-electron chi connectivity index (χ0n) is 12.8. The van der Waals surface area contributed by atoms with Gasteiger partial charge in [0.2, 0.25) is 5.89 Å². The van der Waals surface area contributed by atoms with Crippen LogP contribution in [0.15, 0.2) is 28.9 Å². The lowest BCUT2D eigenvalue weighted by atomic mass is 9.92. The second kappa shape index (κ2) is 6.29. The molecule has 24 heavy (non-hydrogen) atoms. The maximum absolute atomic E-state index is 13.8. The Bertz CT molecular complexity index is 745. The number of aliphatic hydroxyl groups is 1. The number of rotatable bonds is 4. The number of halogens is 2. The second-order valence-corrected chi connectivity index (χ2v) is 5.95. The molecule has 2 aromatic rings. The monoisotopic (exact) mass is 337 g/mol.